The molecular formula is C17H24F3N3O2S2. The summed E-state index contributed by atoms with van der Waals surface area (Å²) in [6.45, 7) is 0.917. The molecule has 10 heteroatoms. The van der Waals surface area contributed by atoms with Crippen LogP contribution in [0.15, 0.2) is 29.2 Å². The zero-order valence-corrected chi connectivity index (χ0v) is 16.6. The summed E-state index contributed by atoms with van der Waals surface area (Å²) in [6, 6.07) is 2.87. The van der Waals surface area contributed by atoms with Gasteiger partial charge in [-0.3, -0.25) is 10.6 Å². The van der Waals surface area contributed by atoms with Gasteiger partial charge in [-0.05, 0) is 36.3 Å². The van der Waals surface area contributed by atoms with Crippen LogP contribution in [-0.2, 0) is 9.84 Å². The van der Waals surface area contributed by atoms with E-state index in [-0.39, 0.29) is 17.6 Å². The maximum Gasteiger partial charge on any atom is 0.405 e. The van der Waals surface area contributed by atoms with E-state index in [1.165, 1.54) is 30.7 Å². The summed E-state index contributed by atoms with van der Waals surface area (Å²) in [5.74, 6) is 1.13. The first kappa shape index (κ1) is 20.9. The van der Waals surface area contributed by atoms with E-state index < -0.39 is 28.1 Å². The smallest absolute Gasteiger partial charge is 0.302 e. The second-order valence-corrected chi connectivity index (χ2v) is 10.4. The quantitative estimate of drug-likeness (QED) is 0.674. The highest BCUT2D eigenvalue weighted by atomic mass is 32.2. The molecule has 2 saturated heterocycles. The van der Waals surface area contributed by atoms with Gasteiger partial charge in [-0.25, -0.2) is 8.42 Å². The lowest BCUT2D eigenvalue weighted by Crippen LogP contribution is -2.65. The van der Waals surface area contributed by atoms with Crippen LogP contribution in [0.1, 0.15) is 24.4 Å². The van der Waals surface area contributed by atoms with Gasteiger partial charge >= 0.3 is 6.18 Å². The fraction of sp³-hybridized carbons (Fsp3) is 0.647. The Morgan fingerprint density at radius 2 is 1.96 bits per heavy atom. The standard InChI is InChI=1S/C17H24F3N3O2S2/c1-27(24,25)13-6-4-11(5-7-13)15-16(17(18,19)20)22-10-14(23-15)21-9-12-3-2-8-26-12/h4-7,12,14-16,21-23H,2-3,8-10H2,1H3. The molecule has 0 bridgehead atoms. The molecule has 2 aliphatic rings. The van der Waals surface area contributed by atoms with Gasteiger partial charge in [-0.15, -0.1) is 0 Å². The van der Waals surface area contributed by atoms with Crippen molar-refractivity contribution in [2.45, 2.75) is 47.4 Å². The van der Waals surface area contributed by atoms with Gasteiger partial charge in [0.25, 0.3) is 0 Å². The highest BCUT2D eigenvalue weighted by molar-refractivity contribution is 8.00. The lowest BCUT2D eigenvalue weighted by molar-refractivity contribution is -0.168. The third-order valence-corrected chi connectivity index (χ3v) is 7.42. The van der Waals surface area contributed by atoms with Gasteiger partial charge in [0.2, 0.25) is 0 Å². The Bertz CT molecular complexity index is 735. The number of hydrogen-bond donors (Lipinski definition) is 3. The molecule has 152 valence electrons. The fourth-order valence-electron chi connectivity index (χ4n) is 3.46. The van der Waals surface area contributed by atoms with Crippen molar-refractivity contribution in [1.29, 1.82) is 0 Å². The topological polar surface area (TPSA) is 70.2 Å². The average molecular weight is 424 g/mol. The molecular weight excluding hydrogens is 399 g/mol. The molecule has 3 N–H and O–H groups in total. The first-order chi connectivity index (χ1) is 12.6. The molecule has 27 heavy (non-hydrogen) atoms. The van der Waals surface area contributed by atoms with E-state index in [2.05, 4.69) is 16.0 Å². The summed E-state index contributed by atoms with van der Waals surface area (Å²) in [6.07, 6.45) is -1.33. The van der Waals surface area contributed by atoms with Crippen LogP contribution in [0.2, 0.25) is 0 Å². The van der Waals surface area contributed by atoms with E-state index in [4.69, 9.17) is 0 Å². The van der Waals surface area contributed by atoms with Crippen LogP contribution in [-0.4, -0.2) is 57.1 Å². The van der Waals surface area contributed by atoms with Gasteiger partial charge in [0, 0.05) is 24.6 Å². The Kier molecular flexibility index (Phi) is 6.41. The molecule has 4 unspecified atom stereocenters. The van der Waals surface area contributed by atoms with Gasteiger partial charge in [-0.2, -0.15) is 24.9 Å². The van der Waals surface area contributed by atoms with Gasteiger partial charge in [0.05, 0.1) is 17.1 Å². The number of sulfone groups is 1. The van der Waals surface area contributed by atoms with E-state index in [0.717, 1.165) is 25.0 Å². The van der Waals surface area contributed by atoms with Crippen LogP contribution >= 0.6 is 11.8 Å². The van der Waals surface area contributed by atoms with Crippen molar-refractivity contribution in [3.05, 3.63) is 29.8 Å². The van der Waals surface area contributed by atoms with Crippen LogP contribution in [0.3, 0.4) is 0 Å². The minimum Gasteiger partial charge on any atom is -0.302 e. The van der Waals surface area contributed by atoms with Crippen molar-refractivity contribution in [3.63, 3.8) is 0 Å². The predicted molar refractivity (Wildman–Crippen MR) is 101 cm³/mol. The van der Waals surface area contributed by atoms with Crippen molar-refractivity contribution in [3.8, 4) is 0 Å². The molecule has 0 aliphatic carbocycles. The minimum absolute atomic E-state index is 0.0894. The largest absolute Gasteiger partial charge is 0.405 e. The summed E-state index contributed by atoms with van der Waals surface area (Å²) in [5, 5.41) is 9.47. The van der Waals surface area contributed by atoms with Gasteiger partial charge in [-0.1, -0.05) is 12.1 Å². The van der Waals surface area contributed by atoms with Gasteiger partial charge < -0.3 is 5.32 Å². The number of halogens is 3. The highest BCUT2D eigenvalue weighted by Crippen LogP contribution is 2.33. The summed E-state index contributed by atoms with van der Waals surface area (Å²) in [4.78, 5) is 0.0894. The van der Waals surface area contributed by atoms with Crippen molar-refractivity contribution in [2.24, 2.45) is 0 Å². The molecule has 0 spiro atoms. The normalized spacial score (nSPS) is 29.8. The Morgan fingerprint density at radius 1 is 1.26 bits per heavy atom. The molecule has 0 saturated carbocycles. The molecule has 2 heterocycles. The Labute approximate surface area is 161 Å². The Hall–Kier alpha value is -0.810. The molecule has 2 aliphatic heterocycles. The Balaban J connectivity index is 1.74. The highest BCUT2D eigenvalue weighted by Gasteiger charge is 2.47. The first-order valence-corrected chi connectivity index (χ1v) is 11.8. The fourth-order valence-corrected chi connectivity index (χ4v) is 5.30. The van der Waals surface area contributed by atoms with E-state index in [0.29, 0.717) is 10.8 Å². The zero-order chi connectivity index (χ0) is 19.7. The minimum atomic E-state index is -4.42. The van der Waals surface area contributed by atoms with Gasteiger partial charge in [0.1, 0.15) is 6.04 Å². The third-order valence-electron chi connectivity index (χ3n) is 4.89. The first-order valence-electron chi connectivity index (χ1n) is 8.86. The lowest BCUT2D eigenvalue weighted by atomic mass is 9.96. The summed E-state index contributed by atoms with van der Waals surface area (Å²) in [7, 11) is -3.39. The summed E-state index contributed by atoms with van der Waals surface area (Å²) >= 11 is 1.89. The number of piperazine rings is 1. The summed E-state index contributed by atoms with van der Waals surface area (Å²) in [5.41, 5.74) is 0.402. The molecule has 2 fully saturated rings. The average Bonchev–Trinajstić information content (AvgIpc) is 3.12. The lowest BCUT2D eigenvalue weighted by Gasteiger charge is -2.40. The molecule has 3 rings (SSSR count). The van der Waals surface area contributed by atoms with E-state index in [1.54, 1.807) is 0 Å². The van der Waals surface area contributed by atoms with Crippen LogP contribution < -0.4 is 16.0 Å². The molecule has 0 aromatic heterocycles. The molecule has 1 aromatic carbocycles. The Morgan fingerprint density at radius 3 is 2.52 bits per heavy atom. The van der Waals surface area contributed by atoms with Crippen LogP contribution in [0.25, 0.3) is 0 Å². The molecule has 0 amide bonds. The number of benzene rings is 1. The SMILES string of the molecule is CS(=O)(=O)c1ccc(C2NC(NCC3CCCS3)CNC2C(F)(F)F)cc1. The van der Waals surface area contributed by atoms with Gasteiger partial charge in [0.15, 0.2) is 9.84 Å². The molecule has 0 radical (unpaired) electrons. The van der Waals surface area contributed by atoms with Crippen molar-refractivity contribution in [2.75, 3.05) is 25.1 Å². The van der Waals surface area contributed by atoms with Crippen molar-refractivity contribution < 1.29 is 21.6 Å². The number of rotatable bonds is 5. The van der Waals surface area contributed by atoms with E-state index in [9.17, 15) is 21.6 Å². The van der Waals surface area contributed by atoms with Crippen LogP contribution in [0.4, 0.5) is 13.2 Å². The number of thioether (sulfide) groups is 1. The predicted octanol–water partition coefficient (Wildman–Crippen LogP) is 2.07. The van der Waals surface area contributed by atoms with Crippen LogP contribution in [0.5, 0.6) is 0 Å². The maximum atomic E-state index is 13.5. The number of alkyl halides is 3. The monoisotopic (exact) mass is 423 g/mol. The summed E-state index contributed by atoms with van der Waals surface area (Å²) < 4.78 is 63.6. The van der Waals surface area contributed by atoms with Crippen LogP contribution in [0, 0.1) is 0 Å². The molecule has 5 nitrogen and oxygen atoms in total. The number of nitrogens with one attached hydrogen (secondary N) is 3. The molecule has 4 atom stereocenters. The van der Waals surface area contributed by atoms with E-state index >= 15 is 0 Å². The third kappa shape index (κ3) is 5.38. The van der Waals surface area contributed by atoms with Crippen molar-refractivity contribution >= 4 is 21.6 Å². The second-order valence-electron chi connectivity index (χ2n) is 7.01. The number of hydrogen-bond acceptors (Lipinski definition) is 6. The van der Waals surface area contributed by atoms with Crippen molar-refractivity contribution in [1.82, 2.24) is 16.0 Å². The second kappa shape index (κ2) is 8.28. The zero-order valence-electron chi connectivity index (χ0n) is 14.9. The molecule has 1 aromatic rings. The van der Waals surface area contributed by atoms with E-state index in [1.807, 2.05) is 11.8 Å². The maximum absolute atomic E-state index is 13.5.